The van der Waals surface area contributed by atoms with Gasteiger partial charge in [0.15, 0.2) is 35.8 Å². The van der Waals surface area contributed by atoms with E-state index in [1.807, 2.05) is 0 Å². The van der Waals surface area contributed by atoms with Crippen LogP contribution in [0.25, 0.3) is 0 Å². The number of sulfone groups is 2. The number of halogens is 2. The topological polar surface area (TPSA) is 112 Å². The van der Waals surface area contributed by atoms with Crippen molar-refractivity contribution >= 4 is 54.4 Å². The maximum atomic E-state index is 12.9. The molecule has 2 aliphatic rings. The lowest BCUT2D eigenvalue weighted by atomic mass is 9.91. The van der Waals surface area contributed by atoms with Crippen LogP contribution in [0.15, 0.2) is 27.6 Å². The minimum Gasteiger partial charge on any atom is -0.384 e. The van der Waals surface area contributed by atoms with E-state index in [1.54, 1.807) is 0 Å². The highest BCUT2D eigenvalue weighted by Crippen LogP contribution is 2.41. The highest BCUT2D eigenvalue weighted by Gasteiger charge is 2.46. The molecule has 29 heavy (non-hydrogen) atoms. The lowest BCUT2D eigenvalue weighted by molar-refractivity contribution is -0.115. The van der Waals surface area contributed by atoms with Crippen LogP contribution in [0.2, 0.25) is 5.02 Å². The number of Topliss-reactive ketones (excluding diaryl/α,β-unsaturated/α-hetero) is 2. The van der Waals surface area contributed by atoms with Crippen molar-refractivity contribution in [3.05, 3.63) is 38.9 Å². The molecule has 1 aromatic carbocycles. The van der Waals surface area contributed by atoms with Gasteiger partial charge in [0, 0.05) is 30.5 Å². The van der Waals surface area contributed by atoms with Gasteiger partial charge in [0.25, 0.3) is 0 Å². The molecule has 1 aliphatic carbocycles. The zero-order chi connectivity index (χ0) is 21.6. The van der Waals surface area contributed by atoms with Crippen LogP contribution in [0.5, 0.6) is 0 Å². The zero-order valence-corrected chi connectivity index (χ0v) is 18.5. The molecule has 1 unspecified atom stereocenters. The van der Waals surface area contributed by atoms with Crippen LogP contribution in [0.3, 0.4) is 0 Å². The van der Waals surface area contributed by atoms with Crippen LogP contribution in [-0.4, -0.2) is 52.5 Å². The number of hydrogen-bond acceptors (Lipinski definition) is 7. The Bertz CT molecular complexity index is 1130. The maximum Gasteiger partial charge on any atom is 0.199 e. The summed E-state index contributed by atoms with van der Waals surface area (Å²) in [6.45, 7) is -0.142. The Morgan fingerprint density at radius 2 is 1.93 bits per heavy atom. The summed E-state index contributed by atoms with van der Waals surface area (Å²) in [7, 11) is -6.90. The summed E-state index contributed by atoms with van der Waals surface area (Å²) >= 11 is 12.4. The Balaban J connectivity index is 2.06. The molecule has 11 heteroatoms. The number of fused-ring (bicyclic) bond motifs is 1. The van der Waals surface area contributed by atoms with Crippen LogP contribution in [0.4, 0.5) is 0 Å². The van der Waals surface area contributed by atoms with Gasteiger partial charge in [-0.2, -0.15) is 0 Å². The van der Waals surface area contributed by atoms with E-state index in [4.69, 9.17) is 27.9 Å². The molecule has 0 spiro atoms. The van der Waals surface area contributed by atoms with Gasteiger partial charge in [-0.15, -0.1) is 0 Å². The smallest absolute Gasteiger partial charge is 0.199 e. The molecule has 0 amide bonds. The van der Waals surface area contributed by atoms with Crippen molar-refractivity contribution in [3.63, 3.8) is 0 Å². The van der Waals surface area contributed by atoms with Gasteiger partial charge < -0.3 is 4.74 Å². The zero-order valence-electron chi connectivity index (χ0n) is 15.4. The Morgan fingerprint density at radius 3 is 2.55 bits per heavy atom. The van der Waals surface area contributed by atoms with E-state index in [2.05, 4.69) is 0 Å². The summed E-state index contributed by atoms with van der Waals surface area (Å²) in [6, 6.07) is 2.36. The second kappa shape index (κ2) is 8.11. The largest absolute Gasteiger partial charge is 0.384 e. The van der Waals surface area contributed by atoms with E-state index in [0.717, 1.165) is 6.07 Å². The molecule has 158 valence electrons. The van der Waals surface area contributed by atoms with Crippen LogP contribution in [0, 0.1) is 0 Å². The fourth-order valence-corrected chi connectivity index (χ4v) is 8.89. The van der Waals surface area contributed by atoms with Crippen LogP contribution in [-0.2, 0) is 35.6 Å². The van der Waals surface area contributed by atoms with Gasteiger partial charge in [0.2, 0.25) is 0 Å². The normalized spacial score (nSPS) is 21.3. The highest BCUT2D eigenvalue weighted by atomic mass is 35.5. The molecule has 1 atom stereocenters. The summed E-state index contributed by atoms with van der Waals surface area (Å²) in [5, 5.41) is -0.0219. The average molecular weight is 481 g/mol. The molecule has 0 radical (unpaired) electrons. The number of ketones is 2. The number of rotatable bonds is 6. The molecule has 0 saturated carbocycles. The number of benzene rings is 1. The SMILES string of the molecule is COCCS(=O)(=O)C1Cc2c(ccc(C(=O)C3=C(Cl)CCCC3=O)c2Cl)S1(=O)=O. The quantitative estimate of drug-likeness (QED) is 0.453. The first-order valence-electron chi connectivity index (χ1n) is 8.74. The van der Waals surface area contributed by atoms with Crippen molar-refractivity contribution < 1.29 is 31.2 Å². The Hall–Kier alpha value is -1.26. The molecular weight excluding hydrogens is 463 g/mol. The number of methoxy groups -OCH3 is 1. The molecule has 0 saturated heterocycles. The van der Waals surface area contributed by atoms with Gasteiger partial charge in [-0.05, 0) is 30.5 Å². The van der Waals surface area contributed by atoms with E-state index in [0.29, 0.717) is 12.8 Å². The van der Waals surface area contributed by atoms with E-state index in [1.165, 1.54) is 13.2 Å². The third-order valence-corrected chi connectivity index (χ3v) is 11.0. The molecule has 1 heterocycles. The lowest BCUT2D eigenvalue weighted by Gasteiger charge is -2.15. The third kappa shape index (κ3) is 3.90. The van der Waals surface area contributed by atoms with Crippen molar-refractivity contribution in [3.8, 4) is 0 Å². The van der Waals surface area contributed by atoms with Crippen LogP contribution >= 0.6 is 23.2 Å². The second-order valence-corrected chi connectivity index (χ2v) is 12.4. The predicted octanol–water partition coefficient (Wildman–Crippen LogP) is 2.49. The van der Waals surface area contributed by atoms with Crippen molar-refractivity contribution in [2.24, 2.45) is 0 Å². The van der Waals surface area contributed by atoms with Gasteiger partial charge in [-0.1, -0.05) is 23.2 Å². The first-order valence-corrected chi connectivity index (χ1v) is 12.8. The number of hydrogen-bond donors (Lipinski definition) is 0. The molecule has 0 N–H and O–H groups in total. The number of ether oxygens (including phenoxy) is 1. The van der Waals surface area contributed by atoms with E-state index in [9.17, 15) is 26.4 Å². The standard InChI is InChI=1S/C18H18Cl2O7S2/c1-27-7-8-28(23,24)15-9-11-14(29(15,25)26)6-5-10(17(11)20)18(22)16-12(19)3-2-4-13(16)21/h5-6,15H,2-4,7-9H2,1H3. The molecule has 3 rings (SSSR count). The molecular formula is C18H18Cl2O7S2. The summed E-state index contributed by atoms with van der Waals surface area (Å²) < 4.78 is 53.6. The maximum absolute atomic E-state index is 12.9. The fourth-order valence-electron chi connectivity index (χ4n) is 3.49. The predicted molar refractivity (Wildman–Crippen MR) is 108 cm³/mol. The van der Waals surface area contributed by atoms with Gasteiger partial charge in [-0.25, -0.2) is 16.8 Å². The molecule has 0 bridgehead atoms. The number of carbonyl (C=O) groups excluding carboxylic acids is 2. The minimum absolute atomic E-state index is 0.0588. The molecule has 1 aromatic rings. The van der Waals surface area contributed by atoms with Crippen molar-refractivity contribution in [1.82, 2.24) is 0 Å². The Kier molecular flexibility index (Phi) is 6.27. The van der Waals surface area contributed by atoms with Crippen molar-refractivity contribution in [2.75, 3.05) is 19.5 Å². The summed E-state index contributed by atoms with van der Waals surface area (Å²) in [5.41, 5.74) is -0.160. The van der Waals surface area contributed by atoms with Crippen LogP contribution in [0.1, 0.15) is 35.2 Å². The van der Waals surface area contributed by atoms with Crippen molar-refractivity contribution in [2.45, 2.75) is 35.2 Å². The summed E-state index contributed by atoms with van der Waals surface area (Å²) in [5.74, 6) is -1.53. The molecule has 0 aromatic heterocycles. The summed E-state index contributed by atoms with van der Waals surface area (Å²) in [6.07, 6.45) is 0.759. The van der Waals surface area contributed by atoms with Crippen LogP contribution < -0.4 is 0 Å². The van der Waals surface area contributed by atoms with Gasteiger partial charge in [0.05, 0.1) is 27.9 Å². The van der Waals surface area contributed by atoms with Gasteiger partial charge in [-0.3, -0.25) is 9.59 Å². The van der Waals surface area contributed by atoms with E-state index < -0.39 is 41.6 Å². The molecule has 1 aliphatic heterocycles. The Morgan fingerprint density at radius 1 is 1.24 bits per heavy atom. The third-order valence-electron chi connectivity index (χ3n) is 5.02. The molecule has 7 nitrogen and oxygen atoms in total. The lowest BCUT2D eigenvalue weighted by Crippen LogP contribution is -2.31. The van der Waals surface area contributed by atoms with Gasteiger partial charge >= 0.3 is 0 Å². The monoisotopic (exact) mass is 480 g/mol. The van der Waals surface area contributed by atoms with Gasteiger partial charge in [0.1, 0.15) is 0 Å². The number of carbonyl (C=O) groups is 2. The Labute approximate surface area is 178 Å². The first-order chi connectivity index (χ1) is 13.5. The minimum atomic E-state index is -4.19. The fraction of sp³-hybridized carbons (Fsp3) is 0.444. The van der Waals surface area contributed by atoms with E-state index >= 15 is 0 Å². The van der Waals surface area contributed by atoms with E-state index in [-0.39, 0.29) is 51.1 Å². The first kappa shape index (κ1) is 22.4. The summed E-state index contributed by atoms with van der Waals surface area (Å²) in [4.78, 5) is 24.8. The number of allylic oxidation sites excluding steroid dienone is 2. The molecule has 0 fully saturated rings. The van der Waals surface area contributed by atoms with Crippen molar-refractivity contribution in [1.29, 1.82) is 0 Å². The second-order valence-electron chi connectivity index (χ2n) is 6.83. The highest BCUT2D eigenvalue weighted by molar-refractivity contribution is 8.09. The average Bonchev–Trinajstić information content (AvgIpc) is 2.92.